The molecule has 0 fully saturated rings. The van der Waals surface area contributed by atoms with Crippen molar-refractivity contribution >= 4 is 23.4 Å². The molecule has 8 heteroatoms. The highest BCUT2D eigenvalue weighted by Gasteiger charge is 2.34. The Kier molecular flexibility index (Phi) is 6.70. The summed E-state index contributed by atoms with van der Waals surface area (Å²) in [5.41, 5.74) is 2.23. The zero-order chi connectivity index (χ0) is 24.4. The van der Waals surface area contributed by atoms with Crippen LogP contribution >= 0.6 is 11.3 Å². The average Bonchev–Trinajstić information content (AvgIpc) is 3.12. The smallest absolute Gasteiger partial charge is 0.338 e. The van der Waals surface area contributed by atoms with Gasteiger partial charge in [-0.15, -0.1) is 0 Å². The van der Waals surface area contributed by atoms with Gasteiger partial charge in [0.2, 0.25) is 0 Å². The minimum absolute atomic E-state index is 0.227. The van der Waals surface area contributed by atoms with E-state index in [1.807, 2.05) is 54.6 Å². The van der Waals surface area contributed by atoms with E-state index in [2.05, 4.69) is 4.99 Å². The van der Waals surface area contributed by atoms with Crippen molar-refractivity contribution in [1.29, 1.82) is 0 Å². The van der Waals surface area contributed by atoms with Crippen LogP contribution in [0.4, 0.5) is 0 Å². The lowest BCUT2D eigenvalue weighted by molar-refractivity contribution is -0.143. The molecule has 3 aromatic rings. The van der Waals surface area contributed by atoms with Crippen LogP contribution in [0.3, 0.4) is 0 Å². The number of ether oxygens (including phenoxy) is 3. The lowest BCUT2D eigenvalue weighted by Gasteiger charge is -2.25. The fraction of sp³-hybridized carbons (Fsp3) is 0.269. The van der Waals surface area contributed by atoms with Gasteiger partial charge in [0.05, 0.1) is 42.2 Å². The van der Waals surface area contributed by atoms with Crippen molar-refractivity contribution in [2.24, 2.45) is 4.99 Å². The molecule has 0 saturated heterocycles. The van der Waals surface area contributed by atoms with E-state index in [9.17, 15) is 9.59 Å². The number of carbonyl (C=O) groups excluding carboxylic acids is 1. The molecule has 0 bridgehead atoms. The van der Waals surface area contributed by atoms with E-state index < -0.39 is 12.0 Å². The number of allylic oxidation sites excluding steroid dienone is 1. The van der Waals surface area contributed by atoms with Gasteiger partial charge in [0.15, 0.2) is 4.80 Å². The number of rotatable bonds is 6. The van der Waals surface area contributed by atoms with Crippen LogP contribution in [0.1, 0.15) is 37.9 Å². The second-order valence-electron chi connectivity index (χ2n) is 8.09. The molecule has 0 amide bonds. The topological polar surface area (TPSA) is 79.1 Å². The van der Waals surface area contributed by atoms with Gasteiger partial charge in [-0.05, 0) is 62.2 Å². The monoisotopic (exact) mass is 478 g/mol. The zero-order valence-electron chi connectivity index (χ0n) is 19.7. The van der Waals surface area contributed by atoms with Crippen molar-refractivity contribution in [2.75, 3.05) is 14.2 Å². The number of methoxy groups -OCH3 is 2. The number of fused-ring (bicyclic) bond motifs is 1. The number of aromatic nitrogens is 1. The van der Waals surface area contributed by atoms with Gasteiger partial charge in [-0.1, -0.05) is 35.6 Å². The zero-order valence-corrected chi connectivity index (χ0v) is 20.5. The molecule has 34 heavy (non-hydrogen) atoms. The Bertz CT molecular complexity index is 1430. The highest BCUT2D eigenvalue weighted by molar-refractivity contribution is 7.07. The molecule has 1 aromatic heterocycles. The van der Waals surface area contributed by atoms with Crippen molar-refractivity contribution in [3.05, 3.63) is 90.6 Å². The van der Waals surface area contributed by atoms with Crippen LogP contribution in [0, 0.1) is 0 Å². The van der Waals surface area contributed by atoms with Crippen LogP contribution in [-0.2, 0) is 9.53 Å². The quantitative estimate of drug-likeness (QED) is 0.509. The maximum absolute atomic E-state index is 13.6. The maximum Gasteiger partial charge on any atom is 0.338 e. The largest absolute Gasteiger partial charge is 0.497 e. The number of nitrogens with zero attached hydrogens (tertiary/aromatic N) is 2. The second kappa shape index (κ2) is 9.69. The summed E-state index contributed by atoms with van der Waals surface area (Å²) in [6.07, 6.45) is 1.51. The molecule has 0 spiro atoms. The summed E-state index contributed by atoms with van der Waals surface area (Å²) in [4.78, 5) is 31.9. The van der Waals surface area contributed by atoms with E-state index in [-0.39, 0.29) is 11.7 Å². The fourth-order valence-electron chi connectivity index (χ4n) is 3.84. The molecule has 0 saturated carbocycles. The van der Waals surface area contributed by atoms with E-state index in [1.54, 1.807) is 39.6 Å². The molecule has 1 aliphatic heterocycles. The third kappa shape index (κ3) is 4.54. The van der Waals surface area contributed by atoms with E-state index in [4.69, 9.17) is 14.2 Å². The van der Waals surface area contributed by atoms with Crippen LogP contribution in [-0.4, -0.2) is 30.9 Å². The molecule has 0 N–H and O–H groups in total. The van der Waals surface area contributed by atoms with Gasteiger partial charge in [-0.2, -0.15) is 0 Å². The van der Waals surface area contributed by atoms with Gasteiger partial charge in [0.1, 0.15) is 11.5 Å². The summed E-state index contributed by atoms with van der Waals surface area (Å²) in [7, 11) is 3.18. The van der Waals surface area contributed by atoms with E-state index in [0.29, 0.717) is 26.4 Å². The predicted octanol–water partition coefficient (Wildman–Crippen LogP) is 3.20. The number of benzene rings is 2. The Hall–Kier alpha value is -3.65. The molecule has 2 heterocycles. The average molecular weight is 479 g/mol. The maximum atomic E-state index is 13.6. The lowest BCUT2D eigenvalue weighted by atomic mass is 9.95. The van der Waals surface area contributed by atoms with Gasteiger partial charge in [0.25, 0.3) is 5.56 Å². The molecule has 176 valence electrons. The first-order valence-corrected chi connectivity index (χ1v) is 11.7. The molecule has 0 aliphatic carbocycles. The minimum Gasteiger partial charge on any atom is -0.497 e. The van der Waals surface area contributed by atoms with Crippen molar-refractivity contribution in [3.63, 3.8) is 0 Å². The molecule has 0 radical (unpaired) electrons. The third-order valence-electron chi connectivity index (χ3n) is 5.41. The Labute approximate surface area is 201 Å². The van der Waals surface area contributed by atoms with E-state index in [0.717, 1.165) is 16.9 Å². The lowest BCUT2D eigenvalue weighted by Crippen LogP contribution is -2.40. The van der Waals surface area contributed by atoms with Crippen LogP contribution < -0.4 is 24.4 Å². The normalized spacial score (nSPS) is 15.7. The summed E-state index contributed by atoms with van der Waals surface area (Å²) in [6, 6.07) is 14.1. The second-order valence-corrected chi connectivity index (χ2v) is 9.09. The molecule has 1 aliphatic rings. The SMILES string of the molecule is COc1ccc(C=c2sc3n(c2=O)C(c2cccc(OC)c2)C(C(=O)OC(C)C)=C(C)N=3)cc1. The van der Waals surface area contributed by atoms with Crippen LogP contribution in [0.25, 0.3) is 6.08 Å². The first-order chi connectivity index (χ1) is 16.3. The summed E-state index contributed by atoms with van der Waals surface area (Å²) in [5.74, 6) is 0.873. The number of thiazole rings is 1. The van der Waals surface area contributed by atoms with Crippen molar-refractivity contribution in [2.45, 2.75) is 32.9 Å². The van der Waals surface area contributed by atoms with Gasteiger partial charge in [-0.3, -0.25) is 9.36 Å². The molecule has 2 aromatic carbocycles. The molecule has 4 rings (SSSR count). The molecule has 1 unspecified atom stereocenters. The first-order valence-electron chi connectivity index (χ1n) is 10.8. The van der Waals surface area contributed by atoms with Gasteiger partial charge in [0, 0.05) is 0 Å². The number of esters is 1. The Balaban J connectivity index is 1.92. The van der Waals surface area contributed by atoms with Crippen molar-refractivity contribution in [1.82, 2.24) is 4.57 Å². The number of hydrogen-bond acceptors (Lipinski definition) is 7. The highest BCUT2D eigenvalue weighted by atomic mass is 32.1. The van der Waals surface area contributed by atoms with Gasteiger partial charge in [-0.25, -0.2) is 9.79 Å². The highest BCUT2D eigenvalue weighted by Crippen LogP contribution is 2.32. The predicted molar refractivity (Wildman–Crippen MR) is 131 cm³/mol. The third-order valence-corrected chi connectivity index (χ3v) is 6.39. The minimum atomic E-state index is -0.685. The van der Waals surface area contributed by atoms with E-state index >= 15 is 0 Å². The van der Waals surface area contributed by atoms with Crippen LogP contribution in [0.15, 0.2) is 69.6 Å². The Morgan fingerprint density at radius 1 is 1.09 bits per heavy atom. The van der Waals surface area contributed by atoms with E-state index in [1.165, 1.54) is 11.3 Å². The van der Waals surface area contributed by atoms with Crippen molar-refractivity contribution in [3.8, 4) is 11.5 Å². The van der Waals surface area contributed by atoms with Crippen LogP contribution in [0.5, 0.6) is 11.5 Å². The molecule has 7 nitrogen and oxygen atoms in total. The summed E-state index contributed by atoms with van der Waals surface area (Å²) >= 11 is 1.29. The summed E-state index contributed by atoms with van der Waals surface area (Å²) in [5, 5.41) is 0. The summed E-state index contributed by atoms with van der Waals surface area (Å²) < 4.78 is 18.2. The first kappa shape index (κ1) is 23.5. The van der Waals surface area contributed by atoms with Crippen molar-refractivity contribution < 1.29 is 19.0 Å². The Morgan fingerprint density at radius 2 is 1.79 bits per heavy atom. The standard InChI is InChI=1S/C26H26N2O5S/c1-15(2)33-25(30)22-16(3)27-26-28(23(22)18-7-6-8-20(14-18)32-5)24(29)21(34-26)13-17-9-11-19(31-4)12-10-17/h6-15,23H,1-5H3. The fourth-order valence-corrected chi connectivity index (χ4v) is 4.89. The molecular formula is C26H26N2O5S. The van der Waals surface area contributed by atoms with Gasteiger partial charge < -0.3 is 14.2 Å². The molecule has 1 atom stereocenters. The summed E-state index contributed by atoms with van der Waals surface area (Å²) in [6.45, 7) is 5.35. The molecular weight excluding hydrogens is 452 g/mol. The number of hydrogen-bond donors (Lipinski definition) is 0. The Morgan fingerprint density at radius 3 is 2.44 bits per heavy atom. The van der Waals surface area contributed by atoms with Crippen LogP contribution in [0.2, 0.25) is 0 Å². The van der Waals surface area contributed by atoms with Gasteiger partial charge >= 0.3 is 5.97 Å². The number of carbonyl (C=O) groups is 1.